The molecule has 0 amide bonds. The molecule has 1 unspecified atom stereocenters. The standard InChI is InChI=1S/C13H11ClF2N2/c1-8(9-2-12(16)7-17-6-9)18-13-4-10(14)3-11(15)5-13/h2-8,18H,1H3. The Morgan fingerprint density at radius 1 is 1.11 bits per heavy atom. The summed E-state index contributed by atoms with van der Waals surface area (Å²) < 4.78 is 26.2. The van der Waals surface area contributed by atoms with Gasteiger partial charge in [-0.1, -0.05) is 11.6 Å². The first-order valence-corrected chi connectivity index (χ1v) is 5.75. The van der Waals surface area contributed by atoms with Crippen LogP contribution >= 0.6 is 11.6 Å². The van der Waals surface area contributed by atoms with Crippen LogP contribution in [0, 0.1) is 11.6 Å². The summed E-state index contributed by atoms with van der Waals surface area (Å²) in [5.41, 5.74) is 1.21. The molecule has 0 radical (unpaired) electrons. The van der Waals surface area contributed by atoms with Gasteiger partial charge in [-0.15, -0.1) is 0 Å². The van der Waals surface area contributed by atoms with Crippen LogP contribution in [-0.2, 0) is 0 Å². The SMILES string of the molecule is CC(Nc1cc(F)cc(Cl)c1)c1cncc(F)c1. The summed E-state index contributed by atoms with van der Waals surface area (Å²) in [5.74, 6) is -0.826. The predicted molar refractivity (Wildman–Crippen MR) is 67.6 cm³/mol. The molecule has 2 rings (SSSR count). The van der Waals surface area contributed by atoms with Crippen molar-refractivity contribution in [2.24, 2.45) is 0 Å². The Balaban J connectivity index is 2.18. The fourth-order valence-corrected chi connectivity index (χ4v) is 1.86. The van der Waals surface area contributed by atoms with Crippen LogP contribution in [-0.4, -0.2) is 4.98 Å². The summed E-state index contributed by atoms with van der Waals surface area (Å²) in [7, 11) is 0. The average Bonchev–Trinajstić information content (AvgIpc) is 2.27. The number of hydrogen-bond acceptors (Lipinski definition) is 2. The Bertz CT molecular complexity index is 540. The van der Waals surface area contributed by atoms with E-state index in [2.05, 4.69) is 10.3 Å². The van der Waals surface area contributed by atoms with Crippen LogP contribution in [0.5, 0.6) is 0 Å². The van der Waals surface area contributed by atoms with Gasteiger partial charge in [0.1, 0.15) is 11.6 Å². The molecule has 1 aromatic heterocycles. The molecule has 0 saturated carbocycles. The zero-order chi connectivity index (χ0) is 13.1. The van der Waals surface area contributed by atoms with Gasteiger partial charge in [-0.3, -0.25) is 4.98 Å². The molecule has 94 valence electrons. The lowest BCUT2D eigenvalue weighted by Gasteiger charge is -2.15. The van der Waals surface area contributed by atoms with E-state index >= 15 is 0 Å². The van der Waals surface area contributed by atoms with Crippen molar-refractivity contribution in [3.8, 4) is 0 Å². The summed E-state index contributed by atoms with van der Waals surface area (Å²) in [4.78, 5) is 3.77. The molecule has 0 aliphatic rings. The van der Waals surface area contributed by atoms with Crippen LogP contribution in [0.4, 0.5) is 14.5 Å². The van der Waals surface area contributed by atoms with Gasteiger partial charge >= 0.3 is 0 Å². The van der Waals surface area contributed by atoms with Crippen molar-refractivity contribution < 1.29 is 8.78 Å². The van der Waals surface area contributed by atoms with Crippen molar-refractivity contribution in [3.63, 3.8) is 0 Å². The third-order valence-electron chi connectivity index (χ3n) is 2.47. The fraction of sp³-hybridized carbons (Fsp3) is 0.154. The molecular formula is C13H11ClF2N2. The van der Waals surface area contributed by atoms with E-state index in [0.29, 0.717) is 16.3 Å². The van der Waals surface area contributed by atoms with Crippen molar-refractivity contribution in [1.29, 1.82) is 0 Å². The Morgan fingerprint density at radius 3 is 2.56 bits per heavy atom. The van der Waals surface area contributed by atoms with E-state index in [-0.39, 0.29) is 6.04 Å². The molecule has 1 aromatic carbocycles. The van der Waals surface area contributed by atoms with E-state index in [9.17, 15) is 8.78 Å². The number of pyridine rings is 1. The lowest BCUT2D eigenvalue weighted by Crippen LogP contribution is -2.07. The highest BCUT2D eigenvalue weighted by Crippen LogP contribution is 2.23. The third-order valence-corrected chi connectivity index (χ3v) is 2.69. The summed E-state index contributed by atoms with van der Waals surface area (Å²) in [5, 5.41) is 3.34. The first kappa shape index (κ1) is 12.8. The number of halogens is 3. The number of rotatable bonds is 3. The van der Waals surface area contributed by atoms with E-state index in [1.165, 1.54) is 18.2 Å². The minimum Gasteiger partial charge on any atom is -0.378 e. The van der Waals surface area contributed by atoms with Crippen LogP contribution in [0.1, 0.15) is 18.5 Å². The zero-order valence-corrected chi connectivity index (χ0v) is 10.4. The van der Waals surface area contributed by atoms with Gasteiger partial charge in [-0.25, -0.2) is 8.78 Å². The smallest absolute Gasteiger partial charge is 0.141 e. The van der Waals surface area contributed by atoms with Gasteiger partial charge in [0.25, 0.3) is 0 Å². The normalized spacial score (nSPS) is 12.2. The monoisotopic (exact) mass is 268 g/mol. The number of benzene rings is 1. The molecule has 1 atom stereocenters. The van der Waals surface area contributed by atoms with Crippen LogP contribution in [0.15, 0.2) is 36.7 Å². The highest BCUT2D eigenvalue weighted by molar-refractivity contribution is 6.30. The zero-order valence-electron chi connectivity index (χ0n) is 9.62. The summed E-state index contributed by atoms with van der Waals surface area (Å²) in [6, 6.07) is 5.33. The van der Waals surface area contributed by atoms with Crippen LogP contribution < -0.4 is 5.32 Å². The van der Waals surface area contributed by atoms with Gasteiger partial charge in [0.15, 0.2) is 0 Å². The lowest BCUT2D eigenvalue weighted by atomic mass is 10.1. The first-order valence-electron chi connectivity index (χ1n) is 5.37. The van der Waals surface area contributed by atoms with E-state index in [1.807, 2.05) is 6.92 Å². The fourth-order valence-electron chi connectivity index (χ4n) is 1.64. The highest BCUT2D eigenvalue weighted by Gasteiger charge is 2.08. The molecule has 2 nitrogen and oxygen atoms in total. The van der Waals surface area contributed by atoms with E-state index in [0.717, 1.165) is 6.20 Å². The van der Waals surface area contributed by atoms with E-state index in [1.54, 1.807) is 12.3 Å². The molecule has 0 saturated heterocycles. The number of aromatic nitrogens is 1. The number of anilines is 1. The summed E-state index contributed by atoms with van der Waals surface area (Å²) in [6.45, 7) is 1.83. The molecule has 0 bridgehead atoms. The Hall–Kier alpha value is -1.68. The quantitative estimate of drug-likeness (QED) is 0.903. The first-order chi connectivity index (χ1) is 8.54. The summed E-state index contributed by atoms with van der Waals surface area (Å²) >= 11 is 5.75. The molecule has 5 heteroatoms. The summed E-state index contributed by atoms with van der Waals surface area (Å²) in [6.07, 6.45) is 2.69. The van der Waals surface area contributed by atoms with Crippen molar-refractivity contribution in [2.45, 2.75) is 13.0 Å². The Labute approximate surface area is 109 Å². The Kier molecular flexibility index (Phi) is 3.77. The van der Waals surface area contributed by atoms with Crippen molar-refractivity contribution >= 4 is 17.3 Å². The van der Waals surface area contributed by atoms with Crippen molar-refractivity contribution in [2.75, 3.05) is 5.32 Å². The second-order valence-electron chi connectivity index (χ2n) is 3.96. The minimum absolute atomic E-state index is 0.203. The topological polar surface area (TPSA) is 24.9 Å². The molecule has 0 fully saturated rings. The maximum Gasteiger partial charge on any atom is 0.141 e. The minimum atomic E-state index is -0.422. The van der Waals surface area contributed by atoms with Crippen LogP contribution in [0.3, 0.4) is 0 Å². The Morgan fingerprint density at radius 2 is 1.89 bits per heavy atom. The van der Waals surface area contributed by atoms with Crippen LogP contribution in [0.2, 0.25) is 5.02 Å². The molecule has 0 spiro atoms. The van der Waals surface area contributed by atoms with Gasteiger partial charge in [0, 0.05) is 16.9 Å². The van der Waals surface area contributed by atoms with Crippen LogP contribution in [0.25, 0.3) is 0 Å². The predicted octanol–water partition coefficient (Wildman–Crippen LogP) is 4.19. The molecule has 1 heterocycles. The van der Waals surface area contributed by atoms with Gasteiger partial charge in [0.05, 0.1) is 12.2 Å². The number of nitrogens with one attached hydrogen (secondary N) is 1. The van der Waals surface area contributed by atoms with Crippen molar-refractivity contribution in [3.05, 3.63) is 58.9 Å². The maximum absolute atomic E-state index is 13.1. The third kappa shape index (κ3) is 3.17. The maximum atomic E-state index is 13.1. The van der Waals surface area contributed by atoms with Gasteiger partial charge in [0.2, 0.25) is 0 Å². The molecule has 2 aromatic rings. The lowest BCUT2D eigenvalue weighted by molar-refractivity contribution is 0.616. The average molecular weight is 269 g/mol. The largest absolute Gasteiger partial charge is 0.378 e. The highest BCUT2D eigenvalue weighted by atomic mass is 35.5. The second-order valence-corrected chi connectivity index (χ2v) is 4.40. The number of hydrogen-bond donors (Lipinski definition) is 1. The second kappa shape index (κ2) is 5.31. The molecule has 18 heavy (non-hydrogen) atoms. The van der Waals surface area contributed by atoms with Gasteiger partial charge in [-0.05, 0) is 36.8 Å². The van der Waals surface area contributed by atoms with E-state index < -0.39 is 11.6 Å². The molecular weight excluding hydrogens is 258 g/mol. The van der Waals surface area contributed by atoms with Gasteiger partial charge in [-0.2, -0.15) is 0 Å². The van der Waals surface area contributed by atoms with Gasteiger partial charge < -0.3 is 5.32 Å². The molecule has 0 aliphatic carbocycles. The molecule has 1 N–H and O–H groups in total. The van der Waals surface area contributed by atoms with Crippen molar-refractivity contribution in [1.82, 2.24) is 4.98 Å². The van der Waals surface area contributed by atoms with E-state index in [4.69, 9.17) is 11.6 Å². The molecule has 0 aliphatic heterocycles. The number of nitrogens with zero attached hydrogens (tertiary/aromatic N) is 1.